The number of rotatable bonds is 8. The predicted octanol–water partition coefficient (Wildman–Crippen LogP) is 1.67. The van der Waals surface area contributed by atoms with Gasteiger partial charge >= 0.3 is 5.97 Å². The lowest BCUT2D eigenvalue weighted by Gasteiger charge is -2.06. The zero-order valence-corrected chi connectivity index (χ0v) is 12.4. The predicted molar refractivity (Wildman–Crippen MR) is 75.5 cm³/mol. The Morgan fingerprint density at radius 2 is 2.10 bits per heavy atom. The van der Waals surface area contributed by atoms with Crippen molar-refractivity contribution in [2.45, 2.75) is 46.1 Å². The maximum atomic E-state index is 12.0. The molecule has 0 fully saturated rings. The maximum Gasteiger partial charge on any atom is 0.305 e. The van der Waals surface area contributed by atoms with Crippen molar-refractivity contribution >= 4 is 11.9 Å². The van der Waals surface area contributed by atoms with Gasteiger partial charge in [-0.15, -0.1) is 0 Å². The highest BCUT2D eigenvalue weighted by molar-refractivity contribution is 5.92. The highest BCUT2D eigenvalue weighted by Crippen LogP contribution is 2.04. The van der Waals surface area contributed by atoms with Crippen LogP contribution in [0.3, 0.4) is 0 Å². The van der Waals surface area contributed by atoms with Crippen LogP contribution >= 0.6 is 0 Å². The monoisotopic (exact) mass is 281 g/mol. The first-order valence-corrected chi connectivity index (χ1v) is 6.98. The molecule has 112 valence electrons. The minimum Gasteiger partial charge on any atom is -0.469 e. The van der Waals surface area contributed by atoms with Crippen LogP contribution in [0.2, 0.25) is 0 Å². The maximum absolute atomic E-state index is 12.0. The van der Waals surface area contributed by atoms with Crippen molar-refractivity contribution in [2.75, 3.05) is 13.7 Å². The number of nitrogens with zero attached hydrogens (tertiary/aromatic N) is 2. The van der Waals surface area contributed by atoms with E-state index < -0.39 is 0 Å². The third kappa shape index (κ3) is 5.03. The fourth-order valence-electron chi connectivity index (χ4n) is 1.93. The first kappa shape index (κ1) is 16.2. The number of aromatic nitrogens is 2. The van der Waals surface area contributed by atoms with Crippen molar-refractivity contribution in [3.05, 3.63) is 17.5 Å². The van der Waals surface area contributed by atoms with Crippen molar-refractivity contribution in [1.29, 1.82) is 0 Å². The lowest BCUT2D eigenvalue weighted by Crippen LogP contribution is -2.27. The fraction of sp³-hybridized carbons (Fsp3) is 0.643. The molecule has 1 N–H and O–H groups in total. The summed E-state index contributed by atoms with van der Waals surface area (Å²) in [6, 6.07) is 1.79. The van der Waals surface area contributed by atoms with Crippen LogP contribution in [0.1, 0.15) is 48.8 Å². The van der Waals surface area contributed by atoms with Crippen LogP contribution < -0.4 is 5.32 Å². The molecular formula is C14H23N3O3. The zero-order chi connectivity index (χ0) is 15.0. The van der Waals surface area contributed by atoms with Crippen molar-refractivity contribution in [3.63, 3.8) is 0 Å². The van der Waals surface area contributed by atoms with E-state index in [0.717, 1.165) is 25.0 Å². The molecule has 0 saturated carbocycles. The molecule has 6 nitrogen and oxygen atoms in total. The summed E-state index contributed by atoms with van der Waals surface area (Å²) in [6.07, 6.45) is 2.96. The quantitative estimate of drug-likeness (QED) is 0.581. The van der Waals surface area contributed by atoms with E-state index in [1.165, 1.54) is 7.11 Å². The third-order valence-corrected chi connectivity index (χ3v) is 3.01. The highest BCUT2D eigenvalue weighted by Gasteiger charge is 2.12. The number of carbonyl (C=O) groups is 2. The highest BCUT2D eigenvalue weighted by atomic mass is 16.5. The fourth-order valence-corrected chi connectivity index (χ4v) is 1.93. The number of hydrogen-bond acceptors (Lipinski definition) is 4. The van der Waals surface area contributed by atoms with Gasteiger partial charge in [-0.05, 0) is 32.8 Å². The first-order valence-electron chi connectivity index (χ1n) is 6.98. The van der Waals surface area contributed by atoms with Gasteiger partial charge in [-0.25, -0.2) is 0 Å². The average Bonchev–Trinajstić information content (AvgIpc) is 2.83. The van der Waals surface area contributed by atoms with Gasteiger partial charge in [0.05, 0.1) is 12.8 Å². The van der Waals surface area contributed by atoms with Gasteiger partial charge in [0.2, 0.25) is 0 Å². The van der Waals surface area contributed by atoms with Crippen LogP contribution in [0.4, 0.5) is 0 Å². The summed E-state index contributed by atoms with van der Waals surface area (Å²) in [5.41, 5.74) is 1.44. The van der Waals surface area contributed by atoms with Crippen molar-refractivity contribution in [3.8, 4) is 0 Å². The largest absolute Gasteiger partial charge is 0.469 e. The van der Waals surface area contributed by atoms with E-state index in [1.54, 1.807) is 10.7 Å². The van der Waals surface area contributed by atoms with Gasteiger partial charge in [-0.3, -0.25) is 14.3 Å². The Morgan fingerprint density at radius 1 is 1.35 bits per heavy atom. The molecule has 20 heavy (non-hydrogen) atoms. The summed E-state index contributed by atoms with van der Waals surface area (Å²) in [6.45, 7) is 5.11. The van der Waals surface area contributed by atoms with Gasteiger partial charge in [0.15, 0.2) is 0 Å². The van der Waals surface area contributed by atoms with E-state index >= 15 is 0 Å². The van der Waals surface area contributed by atoms with Gasteiger partial charge in [-0.1, -0.05) is 6.42 Å². The number of aryl methyl sites for hydroxylation is 2. The topological polar surface area (TPSA) is 73.2 Å². The van der Waals surface area contributed by atoms with Crippen LogP contribution in [-0.2, 0) is 16.1 Å². The molecule has 0 aliphatic carbocycles. The minimum atomic E-state index is -0.184. The number of nitrogens with one attached hydrogen (secondary N) is 1. The SMILES string of the molecule is CCn1nc(C)cc1C(=O)NCCCCCC(=O)OC. The van der Waals surface area contributed by atoms with Crippen LogP contribution in [0.25, 0.3) is 0 Å². The second-order valence-corrected chi connectivity index (χ2v) is 4.63. The molecule has 1 heterocycles. The zero-order valence-electron chi connectivity index (χ0n) is 12.4. The standard InChI is InChI=1S/C14H23N3O3/c1-4-17-12(10-11(2)16-17)14(19)15-9-7-5-6-8-13(18)20-3/h10H,4-9H2,1-3H3,(H,15,19). The molecule has 1 aromatic heterocycles. The van der Waals surface area contributed by atoms with Crippen LogP contribution in [0.15, 0.2) is 6.07 Å². The van der Waals surface area contributed by atoms with Gasteiger partial charge in [0.1, 0.15) is 5.69 Å². The normalized spacial score (nSPS) is 10.3. The van der Waals surface area contributed by atoms with Crippen molar-refractivity contribution in [1.82, 2.24) is 15.1 Å². The molecule has 1 rings (SSSR count). The van der Waals surface area contributed by atoms with E-state index in [1.807, 2.05) is 13.8 Å². The number of esters is 1. The molecule has 6 heteroatoms. The van der Waals surface area contributed by atoms with Crippen molar-refractivity contribution in [2.24, 2.45) is 0 Å². The number of ether oxygens (including phenoxy) is 1. The summed E-state index contributed by atoms with van der Waals surface area (Å²) >= 11 is 0. The van der Waals surface area contributed by atoms with E-state index in [0.29, 0.717) is 25.2 Å². The van der Waals surface area contributed by atoms with E-state index in [4.69, 9.17) is 0 Å². The number of carbonyl (C=O) groups excluding carboxylic acids is 2. The van der Waals surface area contributed by atoms with Crippen LogP contribution in [0.5, 0.6) is 0 Å². The lowest BCUT2D eigenvalue weighted by molar-refractivity contribution is -0.140. The lowest BCUT2D eigenvalue weighted by atomic mass is 10.2. The molecule has 1 aromatic rings. The summed E-state index contributed by atoms with van der Waals surface area (Å²) in [4.78, 5) is 22.9. The molecule has 0 aliphatic rings. The number of amides is 1. The van der Waals surface area contributed by atoms with E-state index in [9.17, 15) is 9.59 Å². The first-order chi connectivity index (χ1) is 9.58. The molecular weight excluding hydrogens is 258 g/mol. The Labute approximate surface area is 119 Å². The average molecular weight is 281 g/mol. The Bertz CT molecular complexity index is 455. The molecule has 0 unspecified atom stereocenters. The molecule has 0 aromatic carbocycles. The Kier molecular flexibility index (Phi) is 6.76. The second-order valence-electron chi connectivity index (χ2n) is 4.63. The number of unbranched alkanes of at least 4 members (excludes halogenated alkanes) is 2. The summed E-state index contributed by atoms with van der Waals surface area (Å²) in [7, 11) is 1.39. The van der Waals surface area contributed by atoms with Gasteiger partial charge in [0, 0.05) is 19.5 Å². The van der Waals surface area contributed by atoms with Gasteiger partial charge in [-0.2, -0.15) is 5.10 Å². The Balaban J connectivity index is 2.25. The minimum absolute atomic E-state index is 0.0968. The van der Waals surface area contributed by atoms with Crippen molar-refractivity contribution < 1.29 is 14.3 Å². The molecule has 0 aliphatic heterocycles. The van der Waals surface area contributed by atoms with E-state index in [-0.39, 0.29) is 11.9 Å². The molecule has 0 spiro atoms. The van der Waals surface area contributed by atoms with Crippen LogP contribution in [-0.4, -0.2) is 35.3 Å². The summed E-state index contributed by atoms with van der Waals surface area (Å²) < 4.78 is 6.26. The smallest absolute Gasteiger partial charge is 0.305 e. The summed E-state index contributed by atoms with van der Waals surface area (Å²) in [5, 5.41) is 7.11. The van der Waals surface area contributed by atoms with Gasteiger partial charge < -0.3 is 10.1 Å². The van der Waals surface area contributed by atoms with Gasteiger partial charge in [0.25, 0.3) is 5.91 Å². The number of methoxy groups -OCH3 is 1. The second kappa shape index (κ2) is 8.35. The molecule has 0 saturated heterocycles. The third-order valence-electron chi connectivity index (χ3n) is 3.01. The summed E-state index contributed by atoms with van der Waals surface area (Å²) in [5.74, 6) is -0.281. The molecule has 0 bridgehead atoms. The molecule has 0 atom stereocenters. The Hall–Kier alpha value is -1.85. The molecule has 0 radical (unpaired) electrons. The Morgan fingerprint density at radius 3 is 2.75 bits per heavy atom. The number of hydrogen-bond donors (Lipinski definition) is 1. The molecule has 1 amide bonds. The van der Waals surface area contributed by atoms with E-state index in [2.05, 4.69) is 15.2 Å². The van der Waals surface area contributed by atoms with Crippen LogP contribution in [0, 0.1) is 6.92 Å².